The van der Waals surface area contributed by atoms with Gasteiger partial charge in [0.25, 0.3) is 0 Å². The molecule has 174 valence electrons. The lowest BCUT2D eigenvalue weighted by Crippen LogP contribution is -2.11. The van der Waals surface area contributed by atoms with E-state index in [-0.39, 0.29) is 10.8 Å². The Morgan fingerprint density at radius 2 is 1.27 bits per heavy atom. The molecule has 0 saturated heterocycles. The third-order valence-corrected chi connectivity index (χ3v) is 5.20. The molecule has 0 fully saturated rings. The number of benzene rings is 1. The number of hydrogen-bond acceptors (Lipinski definition) is 4. The fourth-order valence-corrected chi connectivity index (χ4v) is 3.24. The highest BCUT2D eigenvalue weighted by Crippen LogP contribution is 2.28. The molecule has 0 unspecified atom stereocenters. The molecular formula is C29H38N4. The van der Waals surface area contributed by atoms with Gasteiger partial charge in [-0.2, -0.15) is 0 Å². The third kappa shape index (κ3) is 8.38. The second-order valence-electron chi connectivity index (χ2n) is 10.4. The maximum atomic E-state index is 4.36. The fourth-order valence-electron chi connectivity index (χ4n) is 3.24. The van der Waals surface area contributed by atoms with Gasteiger partial charge in [-0.15, -0.1) is 0 Å². The summed E-state index contributed by atoms with van der Waals surface area (Å²) < 4.78 is 0. The zero-order valence-electron chi connectivity index (χ0n) is 21.4. The molecule has 0 bridgehead atoms. The van der Waals surface area contributed by atoms with E-state index < -0.39 is 0 Å². The Labute approximate surface area is 199 Å². The maximum Gasteiger partial charge on any atom is 0.115 e. The van der Waals surface area contributed by atoms with Gasteiger partial charge in [-0.25, -0.2) is 9.97 Å². The number of pyridine rings is 2. The van der Waals surface area contributed by atoms with Crippen LogP contribution in [0.25, 0.3) is 10.9 Å². The zero-order valence-corrected chi connectivity index (χ0v) is 21.4. The van der Waals surface area contributed by atoms with E-state index in [1.807, 2.05) is 30.7 Å². The minimum atomic E-state index is 0.183. The first-order valence-electron chi connectivity index (χ1n) is 11.5. The molecule has 33 heavy (non-hydrogen) atoms. The Morgan fingerprint density at radius 3 is 1.76 bits per heavy atom. The summed E-state index contributed by atoms with van der Waals surface area (Å²) in [6.07, 6.45) is 8.90. The normalized spacial score (nSPS) is 11.3. The Balaban J connectivity index is 0.000000181. The van der Waals surface area contributed by atoms with Gasteiger partial charge in [0.1, 0.15) is 6.33 Å². The van der Waals surface area contributed by atoms with Crippen molar-refractivity contribution in [2.75, 3.05) is 0 Å². The molecule has 0 aliphatic heterocycles. The lowest BCUT2D eigenvalue weighted by Gasteiger charge is -2.20. The molecule has 0 aliphatic rings. The highest BCUT2D eigenvalue weighted by Gasteiger charge is 2.16. The lowest BCUT2D eigenvalue weighted by atomic mass is 9.85. The molecule has 0 amide bonds. The SMILES string of the molecule is CC(C)(C)c1ccnc2ccccc12.CC(C)(C)c1ccncc1.CC(C)c1ccncn1. The topological polar surface area (TPSA) is 51.6 Å². The van der Waals surface area contributed by atoms with Crippen molar-refractivity contribution in [2.45, 2.75) is 72.1 Å². The summed E-state index contributed by atoms with van der Waals surface area (Å²) in [4.78, 5) is 16.2. The average Bonchev–Trinajstić information content (AvgIpc) is 2.79. The Bertz CT molecular complexity index is 1090. The van der Waals surface area contributed by atoms with E-state index in [1.165, 1.54) is 16.5 Å². The molecular weight excluding hydrogens is 404 g/mol. The van der Waals surface area contributed by atoms with Crippen LogP contribution in [-0.2, 0) is 10.8 Å². The van der Waals surface area contributed by atoms with Crippen LogP contribution in [0.5, 0.6) is 0 Å². The van der Waals surface area contributed by atoms with Crippen LogP contribution >= 0.6 is 0 Å². The van der Waals surface area contributed by atoms with E-state index >= 15 is 0 Å². The van der Waals surface area contributed by atoms with E-state index in [0.29, 0.717) is 5.92 Å². The summed E-state index contributed by atoms with van der Waals surface area (Å²) in [6, 6.07) is 16.5. The number of aromatic nitrogens is 4. The zero-order chi connectivity index (χ0) is 24.5. The van der Waals surface area contributed by atoms with Crippen LogP contribution in [0.4, 0.5) is 0 Å². The molecule has 0 aliphatic carbocycles. The lowest BCUT2D eigenvalue weighted by molar-refractivity contribution is 0.589. The van der Waals surface area contributed by atoms with Gasteiger partial charge < -0.3 is 0 Å². The highest BCUT2D eigenvalue weighted by molar-refractivity contribution is 5.82. The van der Waals surface area contributed by atoms with E-state index in [9.17, 15) is 0 Å². The summed E-state index contributed by atoms with van der Waals surface area (Å²) in [6.45, 7) is 17.5. The van der Waals surface area contributed by atoms with E-state index in [0.717, 1.165) is 11.2 Å². The molecule has 0 N–H and O–H groups in total. The van der Waals surface area contributed by atoms with E-state index in [2.05, 4.69) is 112 Å². The maximum absolute atomic E-state index is 4.36. The summed E-state index contributed by atoms with van der Waals surface area (Å²) >= 11 is 0. The highest BCUT2D eigenvalue weighted by atomic mass is 14.8. The van der Waals surface area contributed by atoms with Gasteiger partial charge in [0.05, 0.1) is 5.52 Å². The van der Waals surface area contributed by atoms with Gasteiger partial charge in [-0.1, -0.05) is 73.6 Å². The fraction of sp³-hybridized carbons (Fsp3) is 0.379. The Hall–Kier alpha value is -3.14. The predicted molar refractivity (Wildman–Crippen MR) is 140 cm³/mol. The van der Waals surface area contributed by atoms with Crippen molar-refractivity contribution in [1.82, 2.24) is 19.9 Å². The smallest absolute Gasteiger partial charge is 0.115 e. The minimum absolute atomic E-state index is 0.183. The monoisotopic (exact) mass is 442 g/mol. The van der Waals surface area contributed by atoms with Gasteiger partial charge >= 0.3 is 0 Å². The predicted octanol–water partition coefficient (Wildman–Crippen LogP) is 7.51. The van der Waals surface area contributed by atoms with Crippen LogP contribution in [0.15, 0.2) is 79.6 Å². The molecule has 0 atom stereocenters. The van der Waals surface area contributed by atoms with Gasteiger partial charge in [0.2, 0.25) is 0 Å². The van der Waals surface area contributed by atoms with Crippen molar-refractivity contribution in [3.63, 3.8) is 0 Å². The first kappa shape index (κ1) is 26.1. The van der Waals surface area contributed by atoms with Crippen molar-refractivity contribution in [1.29, 1.82) is 0 Å². The molecule has 1 aromatic carbocycles. The minimum Gasteiger partial charge on any atom is -0.265 e. The molecule has 0 radical (unpaired) electrons. The second kappa shape index (κ2) is 11.6. The van der Waals surface area contributed by atoms with Crippen LogP contribution in [0.1, 0.15) is 78.1 Å². The number of rotatable bonds is 1. The van der Waals surface area contributed by atoms with Crippen molar-refractivity contribution in [3.05, 3.63) is 96.5 Å². The van der Waals surface area contributed by atoms with Gasteiger partial charge in [0, 0.05) is 35.9 Å². The van der Waals surface area contributed by atoms with E-state index in [1.54, 1.807) is 12.5 Å². The largest absolute Gasteiger partial charge is 0.265 e. The molecule has 0 spiro atoms. The molecule has 4 heteroatoms. The number of para-hydroxylation sites is 1. The molecule has 0 saturated carbocycles. The van der Waals surface area contributed by atoms with Crippen molar-refractivity contribution >= 4 is 10.9 Å². The van der Waals surface area contributed by atoms with Crippen molar-refractivity contribution < 1.29 is 0 Å². The molecule has 4 nitrogen and oxygen atoms in total. The van der Waals surface area contributed by atoms with Crippen LogP contribution < -0.4 is 0 Å². The molecule has 4 aromatic rings. The van der Waals surface area contributed by atoms with Crippen LogP contribution in [-0.4, -0.2) is 19.9 Å². The van der Waals surface area contributed by atoms with Crippen molar-refractivity contribution in [2.24, 2.45) is 0 Å². The number of hydrogen-bond donors (Lipinski definition) is 0. The van der Waals surface area contributed by atoms with Crippen LogP contribution in [0.2, 0.25) is 0 Å². The van der Waals surface area contributed by atoms with Crippen LogP contribution in [0, 0.1) is 0 Å². The molecule has 3 heterocycles. The number of fused-ring (bicyclic) bond motifs is 1. The molecule has 4 rings (SSSR count). The van der Waals surface area contributed by atoms with Crippen LogP contribution in [0.3, 0.4) is 0 Å². The first-order chi connectivity index (χ1) is 15.5. The molecule has 3 aromatic heterocycles. The van der Waals surface area contributed by atoms with Crippen molar-refractivity contribution in [3.8, 4) is 0 Å². The quantitative estimate of drug-likeness (QED) is 0.306. The summed E-state index contributed by atoms with van der Waals surface area (Å²) in [5, 5.41) is 1.27. The first-order valence-corrected chi connectivity index (χ1v) is 11.5. The summed E-state index contributed by atoms with van der Waals surface area (Å²) in [5.74, 6) is 0.507. The Kier molecular flexibility index (Phi) is 9.22. The van der Waals surface area contributed by atoms with E-state index in [4.69, 9.17) is 0 Å². The van der Waals surface area contributed by atoms with Gasteiger partial charge in [-0.05, 0) is 58.2 Å². The summed E-state index contributed by atoms with van der Waals surface area (Å²) in [5.41, 5.74) is 5.32. The summed E-state index contributed by atoms with van der Waals surface area (Å²) in [7, 11) is 0. The number of nitrogens with zero attached hydrogens (tertiary/aromatic N) is 4. The second-order valence-corrected chi connectivity index (χ2v) is 10.4. The van der Waals surface area contributed by atoms with Gasteiger partial charge in [0.15, 0.2) is 0 Å². The third-order valence-electron chi connectivity index (χ3n) is 5.20. The Morgan fingerprint density at radius 1 is 0.636 bits per heavy atom. The average molecular weight is 443 g/mol. The standard InChI is InChI=1S/C13H15N.C9H13N.C7H10N2/c1-13(2,3)11-8-9-14-12-7-5-4-6-10(11)12;1-9(2,3)8-4-6-10-7-5-8;1-6(2)7-3-4-8-5-9-7/h4-9H,1-3H3;4-7H,1-3H3;3-6H,1-2H3. The van der Waals surface area contributed by atoms with Gasteiger partial charge in [-0.3, -0.25) is 9.97 Å².